The molecule has 3 heteroatoms. The van der Waals surface area contributed by atoms with E-state index in [1.54, 1.807) is 12.3 Å². The Hall–Kier alpha value is -1.66. The SMILES string of the molecule is C=CCCOCc1ccnc(C#N)c1. The van der Waals surface area contributed by atoms with Crippen LogP contribution in [0.15, 0.2) is 31.0 Å². The van der Waals surface area contributed by atoms with Crippen LogP contribution in [0, 0.1) is 11.3 Å². The Morgan fingerprint density at radius 3 is 3.21 bits per heavy atom. The largest absolute Gasteiger partial charge is 0.376 e. The number of ether oxygens (including phenoxy) is 1. The number of aromatic nitrogens is 1. The van der Waals surface area contributed by atoms with Gasteiger partial charge >= 0.3 is 0 Å². The maximum Gasteiger partial charge on any atom is 0.140 e. The monoisotopic (exact) mass is 188 g/mol. The summed E-state index contributed by atoms with van der Waals surface area (Å²) in [6.45, 7) is 4.78. The number of hydrogen-bond acceptors (Lipinski definition) is 3. The molecule has 0 spiro atoms. The predicted octanol–water partition coefficient (Wildman–Crippen LogP) is 2.05. The molecule has 0 bridgehead atoms. The molecule has 0 amide bonds. The zero-order chi connectivity index (χ0) is 10.2. The minimum Gasteiger partial charge on any atom is -0.376 e. The summed E-state index contributed by atoms with van der Waals surface area (Å²) in [7, 11) is 0. The summed E-state index contributed by atoms with van der Waals surface area (Å²) in [5, 5.41) is 8.61. The molecule has 72 valence electrons. The van der Waals surface area contributed by atoms with Crippen LogP contribution in [-0.4, -0.2) is 11.6 Å². The predicted molar refractivity (Wildman–Crippen MR) is 53.4 cm³/mol. The zero-order valence-corrected chi connectivity index (χ0v) is 7.94. The maximum atomic E-state index is 8.61. The van der Waals surface area contributed by atoms with Gasteiger partial charge in [0, 0.05) is 6.20 Å². The van der Waals surface area contributed by atoms with Crippen LogP contribution in [0.5, 0.6) is 0 Å². The van der Waals surface area contributed by atoms with Gasteiger partial charge in [-0.1, -0.05) is 6.08 Å². The molecule has 14 heavy (non-hydrogen) atoms. The molecule has 0 atom stereocenters. The molecular formula is C11H12N2O. The number of hydrogen-bond donors (Lipinski definition) is 0. The lowest BCUT2D eigenvalue weighted by Crippen LogP contribution is -1.95. The molecule has 0 aliphatic carbocycles. The fourth-order valence-corrected chi connectivity index (χ4v) is 0.982. The minimum atomic E-state index is 0.426. The van der Waals surface area contributed by atoms with Crippen molar-refractivity contribution in [1.82, 2.24) is 4.98 Å². The van der Waals surface area contributed by atoms with E-state index in [2.05, 4.69) is 11.6 Å². The van der Waals surface area contributed by atoms with Crippen LogP contribution in [0.2, 0.25) is 0 Å². The van der Waals surface area contributed by atoms with Crippen LogP contribution in [0.1, 0.15) is 17.7 Å². The first kappa shape index (κ1) is 10.4. The van der Waals surface area contributed by atoms with Gasteiger partial charge in [-0.3, -0.25) is 0 Å². The van der Waals surface area contributed by atoms with Gasteiger partial charge in [-0.2, -0.15) is 5.26 Å². The zero-order valence-electron chi connectivity index (χ0n) is 7.94. The normalized spacial score (nSPS) is 9.36. The molecule has 1 aromatic heterocycles. The number of rotatable bonds is 5. The van der Waals surface area contributed by atoms with Gasteiger partial charge in [-0.15, -0.1) is 6.58 Å². The van der Waals surface area contributed by atoms with Crippen LogP contribution >= 0.6 is 0 Å². The minimum absolute atomic E-state index is 0.426. The molecule has 0 N–H and O–H groups in total. The third-order valence-corrected chi connectivity index (χ3v) is 1.67. The number of pyridine rings is 1. The first-order valence-electron chi connectivity index (χ1n) is 4.40. The molecule has 0 saturated heterocycles. The Labute approximate surface area is 83.7 Å². The van der Waals surface area contributed by atoms with Gasteiger partial charge < -0.3 is 4.74 Å². The van der Waals surface area contributed by atoms with E-state index in [1.165, 1.54) is 0 Å². The quantitative estimate of drug-likeness (QED) is 0.524. The average Bonchev–Trinajstić information content (AvgIpc) is 2.25. The summed E-state index contributed by atoms with van der Waals surface area (Å²) in [6, 6.07) is 5.56. The Balaban J connectivity index is 2.43. The van der Waals surface area contributed by atoms with E-state index in [0.29, 0.717) is 18.9 Å². The molecule has 0 saturated carbocycles. The van der Waals surface area contributed by atoms with Crippen molar-refractivity contribution in [3.05, 3.63) is 42.2 Å². The van der Waals surface area contributed by atoms with Crippen molar-refractivity contribution < 1.29 is 4.74 Å². The van der Waals surface area contributed by atoms with Gasteiger partial charge in [0.15, 0.2) is 0 Å². The van der Waals surface area contributed by atoms with Crippen LogP contribution < -0.4 is 0 Å². The van der Waals surface area contributed by atoms with Crippen molar-refractivity contribution in [3.8, 4) is 6.07 Å². The highest BCUT2D eigenvalue weighted by atomic mass is 16.5. The molecule has 0 aliphatic heterocycles. The van der Waals surface area contributed by atoms with Crippen LogP contribution in [0.25, 0.3) is 0 Å². The molecular weight excluding hydrogens is 176 g/mol. The average molecular weight is 188 g/mol. The molecule has 0 aliphatic rings. The van der Waals surface area contributed by atoms with E-state index in [1.807, 2.05) is 18.2 Å². The second-order valence-corrected chi connectivity index (χ2v) is 2.79. The molecule has 1 heterocycles. The number of nitrogens with zero attached hydrogens (tertiary/aromatic N) is 2. The second kappa shape index (κ2) is 5.90. The molecule has 1 aromatic rings. The van der Waals surface area contributed by atoms with E-state index in [-0.39, 0.29) is 0 Å². The van der Waals surface area contributed by atoms with Crippen LogP contribution in [0.3, 0.4) is 0 Å². The fraction of sp³-hybridized carbons (Fsp3) is 0.273. The van der Waals surface area contributed by atoms with E-state index in [9.17, 15) is 0 Å². The lowest BCUT2D eigenvalue weighted by Gasteiger charge is -2.02. The second-order valence-electron chi connectivity index (χ2n) is 2.79. The van der Waals surface area contributed by atoms with Gasteiger partial charge in [0.05, 0.1) is 13.2 Å². The number of nitriles is 1. The molecule has 0 radical (unpaired) electrons. The molecule has 0 unspecified atom stereocenters. The third kappa shape index (κ3) is 3.38. The van der Waals surface area contributed by atoms with E-state index in [4.69, 9.17) is 10.00 Å². The third-order valence-electron chi connectivity index (χ3n) is 1.67. The summed E-state index contributed by atoms with van der Waals surface area (Å²) in [4.78, 5) is 3.87. The molecule has 3 nitrogen and oxygen atoms in total. The fourth-order valence-electron chi connectivity index (χ4n) is 0.982. The lowest BCUT2D eigenvalue weighted by molar-refractivity contribution is 0.125. The van der Waals surface area contributed by atoms with E-state index < -0.39 is 0 Å². The van der Waals surface area contributed by atoms with Gasteiger partial charge in [-0.25, -0.2) is 4.98 Å². The van der Waals surface area contributed by atoms with E-state index in [0.717, 1.165) is 12.0 Å². The lowest BCUT2D eigenvalue weighted by atomic mass is 10.2. The Morgan fingerprint density at radius 2 is 2.50 bits per heavy atom. The van der Waals surface area contributed by atoms with Gasteiger partial charge in [0.25, 0.3) is 0 Å². The van der Waals surface area contributed by atoms with Gasteiger partial charge in [-0.05, 0) is 24.1 Å². The summed E-state index contributed by atoms with van der Waals surface area (Å²) < 4.78 is 5.35. The molecule has 1 rings (SSSR count). The first-order valence-corrected chi connectivity index (χ1v) is 4.40. The highest BCUT2D eigenvalue weighted by molar-refractivity contribution is 5.24. The van der Waals surface area contributed by atoms with Crippen molar-refractivity contribution >= 4 is 0 Å². The van der Waals surface area contributed by atoms with Gasteiger partial charge in [0.1, 0.15) is 11.8 Å². The van der Waals surface area contributed by atoms with Crippen LogP contribution in [0.4, 0.5) is 0 Å². The Kier molecular flexibility index (Phi) is 4.39. The first-order chi connectivity index (χ1) is 6.86. The van der Waals surface area contributed by atoms with Crippen molar-refractivity contribution in [3.63, 3.8) is 0 Å². The topological polar surface area (TPSA) is 45.9 Å². The van der Waals surface area contributed by atoms with Gasteiger partial charge in [0.2, 0.25) is 0 Å². The van der Waals surface area contributed by atoms with Crippen molar-refractivity contribution in [2.75, 3.05) is 6.61 Å². The van der Waals surface area contributed by atoms with Crippen molar-refractivity contribution in [2.45, 2.75) is 13.0 Å². The standard InChI is InChI=1S/C11H12N2O/c1-2-3-6-14-9-10-4-5-13-11(7-10)8-12/h2,4-5,7H,1,3,6,9H2. The molecule has 0 aromatic carbocycles. The highest BCUT2D eigenvalue weighted by Crippen LogP contribution is 2.02. The van der Waals surface area contributed by atoms with E-state index >= 15 is 0 Å². The summed E-state index contributed by atoms with van der Waals surface area (Å²) >= 11 is 0. The summed E-state index contributed by atoms with van der Waals surface area (Å²) in [5.41, 5.74) is 1.40. The van der Waals surface area contributed by atoms with Crippen molar-refractivity contribution in [1.29, 1.82) is 5.26 Å². The maximum absolute atomic E-state index is 8.61. The highest BCUT2D eigenvalue weighted by Gasteiger charge is 1.95. The summed E-state index contributed by atoms with van der Waals surface area (Å²) in [5.74, 6) is 0. The van der Waals surface area contributed by atoms with Crippen molar-refractivity contribution in [2.24, 2.45) is 0 Å². The smallest absolute Gasteiger partial charge is 0.140 e. The van der Waals surface area contributed by atoms with Crippen LogP contribution in [-0.2, 0) is 11.3 Å². The molecule has 0 fully saturated rings. The Bertz CT molecular complexity index is 341. The summed E-state index contributed by atoms with van der Waals surface area (Å²) in [6.07, 6.45) is 4.27. The Morgan fingerprint density at radius 1 is 1.64 bits per heavy atom.